The molecule has 4 rings (SSSR count). The van der Waals surface area contributed by atoms with Crippen LogP contribution in [0.25, 0.3) is 22.1 Å². The molecule has 7 nitrogen and oxygen atoms in total. The first-order valence-electron chi connectivity index (χ1n) is 9.04. The first-order chi connectivity index (χ1) is 13.6. The van der Waals surface area contributed by atoms with Gasteiger partial charge >= 0.3 is 6.18 Å². The van der Waals surface area contributed by atoms with Gasteiger partial charge in [-0.2, -0.15) is 17.5 Å². The van der Waals surface area contributed by atoms with Crippen LogP contribution in [0.1, 0.15) is 12.8 Å². The minimum absolute atomic E-state index is 0.259. The van der Waals surface area contributed by atoms with E-state index >= 15 is 0 Å². The van der Waals surface area contributed by atoms with Gasteiger partial charge in [0.05, 0.1) is 6.26 Å². The highest BCUT2D eigenvalue weighted by Crippen LogP contribution is 2.34. The van der Waals surface area contributed by atoms with Gasteiger partial charge in [0.25, 0.3) is 0 Å². The number of benzene rings is 1. The lowest BCUT2D eigenvalue weighted by atomic mass is 10.0. The number of rotatable bonds is 4. The predicted molar refractivity (Wildman–Crippen MR) is 102 cm³/mol. The van der Waals surface area contributed by atoms with Crippen LogP contribution in [0.4, 0.5) is 19.0 Å². The molecule has 1 aromatic carbocycles. The molecule has 1 fully saturated rings. The minimum atomic E-state index is -4.59. The summed E-state index contributed by atoms with van der Waals surface area (Å²) in [6, 6.07) is 6.74. The smallest absolute Gasteiger partial charge is 0.402 e. The minimum Gasteiger partial charge on any atom is -0.450 e. The van der Waals surface area contributed by atoms with E-state index in [0.717, 1.165) is 11.6 Å². The number of halogens is 3. The Kier molecular flexibility index (Phi) is 4.89. The lowest BCUT2D eigenvalue weighted by molar-refractivity contribution is -0.139. The van der Waals surface area contributed by atoms with Gasteiger partial charge in [-0.3, -0.25) is 0 Å². The van der Waals surface area contributed by atoms with Gasteiger partial charge in [-0.15, -0.1) is 0 Å². The van der Waals surface area contributed by atoms with Gasteiger partial charge in [-0.1, -0.05) is 12.1 Å². The Morgan fingerprint density at radius 3 is 2.55 bits per heavy atom. The van der Waals surface area contributed by atoms with E-state index in [1.54, 1.807) is 0 Å². The Morgan fingerprint density at radius 1 is 1.21 bits per heavy atom. The Bertz CT molecular complexity index is 1140. The van der Waals surface area contributed by atoms with Crippen molar-refractivity contribution in [2.45, 2.75) is 25.1 Å². The summed E-state index contributed by atoms with van der Waals surface area (Å²) in [4.78, 5) is 10.5. The van der Waals surface area contributed by atoms with E-state index in [-0.39, 0.29) is 12.8 Å². The van der Waals surface area contributed by atoms with Crippen molar-refractivity contribution in [3.63, 3.8) is 0 Å². The summed E-state index contributed by atoms with van der Waals surface area (Å²) in [6.45, 7) is -0.757. The van der Waals surface area contributed by atoms with E-state index in [4.69, 9.17) is 4.42 Å². The largest absolute Gasteiger partial charge is 0.450 e. The van der Waals surface area contributed by atoms with Crippen LogP contribution in [0, 0.1) is 0 Å². The van der Waals surface area contributed by atoms with Crippen LogP contribution in [0.5, 0.6) is 0 Å². The van der Waals surface area contributed by atoms with Crippen LogP contribution in [0.2, 0.25) is 0 Å². The number of furan rings is 1. The summed E-state index contributed by atoms with van der Waals surface area (Å²) >= 11 is 0. The maximum atomic E-state index is 12.9. The maximum absolute atomic E-state index is 12.9. The second-order valence-corrected chi connectivity index (χ2v) is 9.05. The van der Waals surface area contributed by atoms with Gasteiger partial charge in [-0.05, 0) is 25.0 Å². The summed E-state index contributed by atoms with van der Waals surface area (Å²) in [7, 11) is -3.98. The van der Waals surface area contributed by atoms with Gasteiger partial charge in [-0.25, -0.2) is 18.4 Å². The molecule has 0 radical (unpaired) electrons. The number of nitrogens with zero attached hydrogens (tertiary/aromatic N) is 4. The van der Waals surface area contributed by atoms with Crippen molar-refractivity contribution < 1.29 is 26.0 Å². The Labute approximate surface area is 165 Å². The molecular formula is C18H19F3N4O3S. The summed E-state index contributed by atoms with van der Waals surface area (Å²) in [5.41, 5.74) is 1.86. The molecule has 0 unspecified atom stereocenters. The van der Waals surface area contributed by atoms with Crippen molar-refractivity contribution in [2.24, 2.45) is 0 Å². The van der Waals surface area contributed by atoms with Crippen LogP contribution >= 0.6 is 0 Å². The molecule has 2 aromatic heterocycles. The van der Waals surface area contributed by atoms with Crippen molar-refractivity contribution in [3.8, 4) is 0 Å². The van der Waals surface area contributed by atoms with Gasteiger partial charge in [0.1, 0.15) is 24.0 Å². The van der Waals surface area contributed by atoms with E-state index in [9.17, 15) is 21.6 Å². The zero-order valence-corrected chi connectivity index (χ0v) is 16.4. The Balaban J connectivity index is 1.58. The summed E-state index contributed by atoms with van der Waals surface area (Å²) < 4.78 is 68.9. The quantitative estimate of drug-likeness (QED) is 0.635. The maximum Gasteiger partial charge on any atom is 0.402 e. The third kappa shape index (κ3) is 4.01. The highest BCUT2D eigenvalue weighted by molar-refractivity contribution is 7.88. The highest BCUT2D eigenvalue weighted by atomic mass is 32.2. The van der Waals surface area contributed by atoms with Gasteiger partial charge < -0.3 is 9.32 Å². The SMILES string of the molecule is CS(=O)(=O)N(CC(F)(F)F)C1CCN(c2ncnc3c2oc2ccccc23)CC1. The molecular weight excluding hydrogens is 409 g/mol. The number of hydrogen-bond donors (Lipinski definition) is 0. The second-order valence-electron chi connectivity index (χ2n) is 7.11. The molecule has 1 saturated heterocycles. The number of fused-ring (bicyclic) bond motifs is 3. The molecule has 11 heteroatoms. The third-order valence-corrected chi connectivity index (χ3v) is 6.35. The Morgan fingerprint density at radius 2 is 1.90 bits per heavy atom. The van der Waals surface area contributed by atoms with E-state index in [2.05, 4.69) is 9.97 Å². The molecule has 1 aliphatic rings. The molecule has 0 bridgehead atoms. The zero-order valence-electron chi connectivity index (χ0n) is 15.6. The Hall–Kier alpha value is -2.40. The summed E-state index contributed by atoms with van der Waals surface area (Å²) in [5.74, 6) is 0.561. The van der Waals surface area contributed by atoms with Crippen molar-refractivity contribution in [2.75, 3.05) is 30.8 Å². The number of hydrogen-bond acceptors (Lipinski definition) is 6. The molecule has 1 aliphatic heterocycles. The number of alkyl halides is 3. The van der Waals surface area contributed by atoms with Crippen LogP contribution in [0.3, 0.4) is 0 Å². The highest BCUT2D eigenvalue weighted by Gasteiger charge is 2.39. The van der Waals surface area contributed by atoms with E-state index in [1.165, 1.54) is 6.33 Å². The number of para-hydroxylation sites is 1. The topological polar surface area (TPSA) is 79.5 Å². The zero-order chi connectivity index (χ0) is 20.8. The van der Waals surface area contributed by atoms with Crippen molar-refractivity contribution in [3.05, 3.63) is 30.6 Å². The molecule has 0 spiro atoms. The van der Waals surface area contributed by atoms with Gasteiger partial charge in [0.2, 0.25) is 10.0 Å². The lowest BCUT2D eigenvalue weighted by Crippen LogP contribution is -2.50. The fourth-order valence-electron chi connectivity index (χ4n) is 3.80. The van der Waals surface area contributed by atoms with Crippen LogP contribution in [-0.2, 0) is 10.0 Å². The number of piperidine rings is 1. The molecule has 3 aromatic rings. The molecule has 156 valence electrons. The summed E-state index contributed by atoms with van der Waals surface area (Å²) in [5, 5.41) is 0.856. The average molecular weight is 428 g/mol. The van der Waals surface area contributed by atoms with Crippen molar-refractivity contribution in [1.82, 2.24) is 14.3 Å². The van der Waals surface area contributed by atoms with Crippen LogP contribution in [-0.4, -0.2) is 60.8 Å². The monoisotopic (exact) mass is 428 g/mol. The molecule has 0 N–H and O–H groups in total. The molecule has 0 aliphatic carbocycles. The number of sulfonamides is 1. The van der Waals surface area contributed by atoms with Crippen LogP contribution in [0.15, 0.2) is 35.0 Å². The van der Waals surface area contributed by atoms with Crippen molar-refractivity contribution in [1.29, 1.82) is 0 Å². The van der Waals surface area contributed by atoms with Gasteiger partial charge in [0.15, 0.2) is 11.4 Å². The van der Waals surface area contributed by atoms with E-state index in [0.29, 0.717) is 39.9 Å². The normalized spacial score (nSPS) is 16.9. The third-order valence-electron chi connectivity index (χ3n) is 5.07. The molecule has 0 atom stereocenters. The predicted octanol–water partition coefficient (Wildman–Crippen LogP) is 3.17. The van der Waals surface area contributed by atoms with Crippen LogP contribution < -0.4 is 4.90 Å². The van der Waals surface area contributed by atoms with Gasteiger partial charge in [0, 0.05) is 24.5 Å². The van der Waals surface area contributed by atoms with E-state index in [1.807, 2.05) is 29.2 Å². The average Bonchev–Trinajstić information content (AvgIpc) is 3.04. The fourth-order valence-corrected chi connectivity index (χ4v) is 4.93. The number of aromatic nitrogens is 2. The molecule has 0 saturated carbocycles. The molecule has 29 heavy (non-hydrogen) atoms. The standard InChI is InChI=1S/C18H19F3N4O3S/c1-29(26,27)25(10-18(19,20)21)12-6-8-24(9-7-12)17-16-15(22-11-23-17)13-4-2-3-5-14(13)28-16/h2-5,11-12H,6-10H2,1H3. The lowest BCUT2D eigenvalue weighted by Gasteiger charge is -2.37. The fraction of sp³-hybridized carbons (Fsp3) is 0.444. The first kappa shape index (κ1) is 19.9. The molecule has 3 heterocycles. The summed E-state index contributed by atoms with van der Waals surface area (Å²) in [6.07, 6.45) is -1.83. The first-order valence-corrected chi connectivity index (χ1v) is 10.9. The van der Waals surface area contributed by atoms with E-state index < -0.39 is 28.8 Å². The number of anilines is 1. The second kappa shape index (κ2) is 7.13. The van der Waals surface area contributed by atoms with Crippen molar-refractivity contribution >= 4 is 37.9 Å². The molecule has 0 amide bonds.